The van der Waals surface area contributed by atoms with Gasteiger partial charge in [0.2, 0.25) is 11.7 Å². The van der Waals surface area contributed by atoms with Crippen molar-refractivity contribution < 1.29 is 9.35 Å². The van der Waals surface area contributed by atoms with E-state index in [1.54, 1.807) is 0 Å². The van der Waals surface area contributed by atoms with E-state index in [1.807, 2.05) is 6.20 Å². The number of rotatable bonds is 0. The van der Waals surface area contributed by atoms with Crippen LogP contribution in [0.25, 0.3) is 60.9 Å². The first-order valence-electron chi connectivity index (χ1n) is 18.0. The maximum Gasteiger partial charge on any atom is 0.360 e. The molecule has 5 nitrogen and oxygen atoms in total. The summed E-state index contributed by atoms with van der Waals surface area (Å²) in [5.41, 5.74) is 19.8. The van der Waals surface area contributed by atoms with E-state index in [9.17, 15) is 0 Å². The average molecular weight is 655 g/mol. The van der Waals surface area contributed by atoms with E-state index in [2.05, 4.69) is 168 Å². The molecule has 0 saturated carbocycles. The molecule has 3 aliphatic heterocycles. The molecule has 0 bridgehead atoms. The highest BCUT2D eigenvalue weighted by atomic mass is 15.9. The van der Waals surface area contributed by atoms with Gasteiger partial charge in [0, 0.05) is 44.2 Å². The molecule has 5 aromatic carbocycles. The van der Waals surface area contributed by atoms with Gasteiger partial charge in [-0.15, -0.1) is 0 Å². The Labute approximate surface area is 294 Å². The second-order valence-corrected chi connectivity index (χ2v) is 15.8. The van der Waals surface area contributed by atoms with Crippen LogP contribution in [0.4, 0.5) is 11.4 Å². The smallest absolute Gasteiger partial charge is 0.252 e. The highest BCUT2D eigenvalue weighted by Crippen LogP contribution is 2.68. The second-order valence-electron chi connectivity index (χ2n) is 15.8. The molecule has 1 atom stereocenters. The van der Waals surface area contributed by atoms with Gasteiger partial charge in [0.05, 0.1) is 5.41 Å². The lowest BCUT2D eigenvalue weighted by Crippen LogP contribution is -2.82. The van der Waals surface area contributed by atoms with E-state index in [1.165, 1.54) is 89.0 Å². The number of para-hydroxylation sites is 3. The fourth-order valence-corrected chi connectivity index (χ4v) is 10.7. The van der Waals surface area contributed by atoms with Crippen LogP contribution in [0.2, 0.25) is 0 Å². The third-order valence-electron chi connectivity index (χ3n) is 12.5. The van der Waals surface area contributed by atoms with E-state index in [0.717, 1.165) is 11.0 Å². The van der Waals surface area contributed by atoms with Gasteiger partial charge in [-0.1, -0.05) is 106 Å². The van der Waals surface area contributed by atoms with E-state index >= 15 is 0 Å². The molecule has 0 radical (unpaired) electrons. The molecule has 5 heteroatoms. The van der Waals surface area contributed by atoms with Crippen molar-refractivity contribution in [3.05, 3.63) is 168 Å². The van der Waals surface area contributed by atoms with Crippen LogP contribution >= 0.6 is 0 Å². The molecule has 2 spiro atoms. The van der Waals surface area contributed by atoms with Gasteiger partial charge in [0.15, 0.2) is 16.4 Å². The van der Waals surface area contributed by atoms with E-state index in [4.69, 9.17) is 4.98 Å². The van der Waals surface area contributed by atoms with Crippen LogP contribution < -0.4 is 14.1 Å². The Morgan fingerprint density at radius 1 is 0.647 bits per heavy atom. The Kier molecular flexibility index (Phi) is 4.30. The lowest BCUT2D eigenvalue weighted by Gasteiger charge is -2.39. The Morgan fingerprint density at radius 3 is 2.14 bits per heavy atom. The number of benzene rings is 5. The number of fused-ring (bicyclic) bond motifs is 15. The number of pyridine rings is 3. The minimum atomic E-state index is -0.505. The van der Waals surface area contributed by atoms with Crippen LogP contribution in [0.3, 0.4) is 0 Å². The van der Waals surface area contributed by atoms with Crippen molar-refractivity contribution in [2.75, 3.05) is 0 Å². The van der Waals surface area contributed by atoms with Crippen molar-refractivity contribution >= 4 is 49.9 Å². The Hall–Kier alpha value is -6.17. The maximum atomic E-state index is 5.11. The lowest BCUT2D eigenvalue weighted by atomic mass is 9.64. The fraction of sp³-hybridized carbons (Fsp3) is 0.109. The zero-order valence-corrected chi connectivity index (χ0v) is 28.5. The molecule has 1 unspecified atom stereocenters. The lowest BCUT2D eigenvalue weighted by molar-refractivity contribution is -1.01. The standard InChI is InChI=1S/C46H32N5/c1-45(2,3)27-23-25-48-39(26-27)30-14-10-17-34-42(30)51(48)43-35(46(34)32-15-6-4-12-28(32)29-13-5-7-16-33(29)46)22-21-31-40(43)44-49(38-20-11-24-47-41(31)38)36-18-8-9-19-37(36)50(44)51/h4-26H,1-3H3/q+3. The molecule has 7 heterocycles. The highest BCUT2D eigenvalue weighted by molar-refractivity contribution is 6.19. The van der Waals surface area contributed by atoms with Gasteiger partial charge < -0.3 is 0 Å². The number of quaternary nitrogens is 1. The molecule has 51 heavy (non-hydrogen) atoms. The van der Waals surface area contributed by atoms with Gasteiger partial charge in [0.25, 0.3) is 17.1 Å². The predicted molar refractivity (Wildman–Crippen MR) is 202 cm³/mol. The van der Waals surface area contributed by atoms with E-state index < -0.39 is 5.41 Å². The quantitative estimate of drug-likeness (QED) is 0.0910. The maximum absolute atomic E-state index is 5.11. The Bertz CT molecular complexity index is 3100. The minimum absolute atomic E-state index is 0.00265. The first kappa shape index (κ1) is 26.7. The molecule has 4 aliphatic rings. The summed E-state index contributed by atoms with van der Waals surface area (Å²) in [4.78, 5) is 5.11. The third-order valence-corrected chi connectivity index (χ3v) is 12.5. The molecule has 0 fully saturated rings. The summed E-state index contributed by atoms with van der Waals surface area (Å²) in [6.07, 6.45) is 4.31. The van der Waals surface area contributed by atoms with Gasteiger partial charge in [-0.3, -0.25) is 4.98 Å². The van der Waals surface area contributed by atoms with Crippen molar-refractivity contribution in [1.82, 2.24) is 14.1 Å². The van der Waals surface area contributed by atoms with Crippen LogP contribution in [0, 0.1) is 0 Å². The molecule has 0 amide bonds. The first-order chi connectivity index (χ1) is 25.0. The first-order valence-corrected chi connectivity index (χ1v) is 18.0. The SMILES string of the molecule is CC(C)(C)c1cc[n+]2c(c1)-c1cccc3c1[N+]21c2c(ccc4c5ncccc5n5c6ccccc6[n+]1c5c24)C31c2ccccc2-c2ccccc21. The molecular formula is C46H32N5+3. The monoisotopic (exact) mass is 654 g/mol. The third kappa shape index (κ3) is 2.60. The molecule has 9 aromatic rings. The summed E-state index contributed by atoms with van der Waals surface area (Å²) in [5.74, 6) is 0. The van der Waals surface area contributed by atoms with Crippen molar-refractivity contribution in [3.8, 4) is 22.4 Å². The van der Waals surface area contributed by atoms with Gasteiger partial charge in [-0.25, -0.2) is 0 Å². The van der Waals surface area contributed by atoms with Crippen LogP contribution in [-0.2, 0) is 10.8 Å². The summed E-state index contributed by atoms with van der Waals surface area (Å²) in [7, 11) is 0. The van der Waals surface area contributed by atoms with Gasteiger partial charge in [0.1, 0.15) is 15.8 Å². The number of aromatic nitrogens is 4. The van der Waals surface area contributed by atoms with Crippen LogP contribution in [-0.4, -0.2) is 9.38 Å². The van der Waals surface area contributed by atoms with Crippen molar-refractivity contribution in [1.29, 1.82) is 0 Å². The number of hydrogen-bond acceptors (Lipinski definition) is 1. The van der Waals surface area contributed by atoms with Gasteiger partial charge in [-0.2, -0.15) is 4.40 Å². The largest absolute Gasteiger partial charge is 0.360 e. The van der Waals surface area contributed by atoms with Crippen LogP contribution in [0.15, 0.2) is 140 Å². The van der Waals surface area contributed by atoms with E-state index in [-0.39, 0.29) is 5.41 Å². The summed E-state index contributed by atoms with van der Waals surface area (Å²) >= 11 is 0. The minimum Gasteiger partial charge on any atom is -0.252 e. The van der Waals surface area contributed by atoms with Crippen molar-refractivity contribution in [2.24, 2.45) is 0 Å². The number of imidazole rings is 1. The fourth-order valence-electron chi connectivity index (χ4n) is 10.7. The average Bonchev–Trinajstić information content (AvgIpc) is 3.86. The number of nitrogens with zero attached hydrogens (tertiary/aromatic N) is 5. The summed E-state index contributed by atoms with van der Waals surface area (Å²) in [6, 6.07) is 48.3. The van der Waals surface area contributed by atoms with Crippen molar-refractivity contribution in [3.63, 3.8) is 0 Å². The summed E-state index contributed by atoms with van der Waals surface area (Å²) in [6.45, 7) is 6.95. The zero-order chi connectivity index (χ0) is 33.6. The van der Waals surface area contributed by atoms with Gasteiger partial charge >= 0.3 is 5.65 Å². The summed E-state index contributed by atoms with van der Waals surface area (Å²) in [5, 5.41) is 2.47. The zero-order valence-electron chi connectivity index (χ0n) is 28.5. The van der Waals surface area contributed by atoms with Crippen LogP contribution in [0.1, 0.15) is 48.6 Å². The highest BCUT2D eigenvalue weighted by Gasteiger charge is 2.74. The molecule has 1 aliphatic carbocycles. The Balaban J connectivity index is 1.37. The van der Waals surface area contributed by atoms with Gasteiger partial charge in [-0.05, 0) is 63.6 Å². The van der Waals surface area contributed by atoms with Crippen LogP contribution in [0.5, 0.6) is 0 Å². The molecule has 0 saturated heterocycles. The molecule has 13 rings (SSSR count). The summed E-state index contributed by atoms with van der Waals surface area (Å²) < 4.78 is 8.12. The Morgan fingerprint density at radius 2 is 1.33 bits per heavy atom. The second kappa shape index (κ2) is 8.23. The molecule has 238 valence electrons. The van der Waals surface area contributed by atoms with Crippen molar-refractivity contribution in [2.45, 2.75) is 31.6 Å². The molecule has 0 N–H and O–H groups in total. The molecular weight excluding hydrogens is 623 g/mol. The number of hydrogen-bond donors (Lipinski definition) is 0. The topological polar surface area (TPSA) is 25.1 Å². The predicted octanol–water partition coefficient (Wildman–Crippen LogP) is 9.20. The van der Waals surface area contributed by atoms with E-state index in [0.29, 0.717) is 4.70 Å². The normalized spacial score (nSPS) is 17.9. The molecule has 4 aromatic heterocycles.